The number of aliphatic hydroxyl groups is 5. The first-order valence-corrected chi connectivity index (χ1v) is 52.6. The van der Waals surface area contributed by atoms with Gasteiger partial charge in [0.15, 0.2) is 0 Å². The molecule has 11 atom stereocenters. The number of anilines is 7. The van der Waals surface area contributed by atoms with Crippen molar-refractivity contribution in [3.8, 4) is 0 Å². The average molecular weight is 1760 g/mol. The van der Waals surface area contributed by atoms with Crippen LogP contribution in [-0.2, 0) is 30.1 Å². The lowest BCUT2D eigenvalue weighted by Crippen LogP contribution is -2.36. The largest absolute Gasteiger partial charge is 0.395 e. The zero-order valence-corrected chi connectivity index (χ0v) is 83.9. The fourth-order valence-electron chi connectivity index (χ4n) is 22.9. The van der Waals surface area contributed by atoms with Crippen molar-refractivity contribution in [2.75, 3.05) is 86.7 Å². The molecule has 9 fully saturated rings. The maximum absolute atomic E-state index is 10.9. The highest BCUT2D eigenvalue weighted by Crippen LogP contribution is 2.55. The van der Waals surface area contributed by atoms with Crippen LogP contribution in [0.3, 0.4) is 0 Å². The van der Waals surface area contributed by atoms with Gasteiger partial charge in [-0.1, -0.05) is 199 Å². The molecule has 17 rings (SSSR count). The maximum Gasteiger partial charge on any atom is 0.0846 e. The van der Waals surface area contributed by atoms with Crippen LogP contribution in [0.25, 0.3) is 0 Å². The minimum absolute atomic E-state index is 0.144. The fourth-order valence-corrected chi connectivity index (χ4v) is 22.9. The van der Waals surface area contributed by atoms with Crippen LogP contribution >= 0.6 is 0 Å². The molecule has 0 aromatic heterocycles. The van der Waals surface area contributed by atoms with Crippen LogP contribution in [0.1, 0.15) is 385 Å². The summed E-state index contributed by atoms with van der Waals surface area (Å²) in [4.78, 5) is 17.5. The number of benzene rings is 7. The lowest BCUT2D eigenvalue weighted by atomic mass is 9.61. The van der Waals surface area contributed by atoms with Gasteiger partial charge in [0.05, 0.1) is 31.0 Å². The molecule has 7 aromatic rings. The molecule has 10 aliphatic rings. The number of rotatable bonds is 29. The summed E-state index contributed by atoms with van der Waals surface area (Å²) in [5, 5.41) is 51.3. The van der Waals surface area contributed by atoms with Crippen LogP contribution in [0.4, 0.5) is 39.8 Å². The van der Waals surface area contributed by atoms with Crippen LogP contribution in [0.5, 0.6) is 0 Å². The predicted molar refractivity (Wildman–Crippen MR) is 553 cm³/mol. The smallest absolute Gasteiger partial charge is 0.0846 e. The number of nitrogens with zero attached hydrogens (tertiary/aromatic N) is 7. The minimum atomic E-state index is -0.315. The summed E-state index contributed by atoms with van der Waals surface area (Å²) in [6, 6.07) is 64.4. The van der Waals surface area contributed by atoms with E-state index in [9.17, 15) is 25.5 Å². The molecule has 712 valence electrons. The number of fused-ring (bicyclic) bond motifs is 1. The zero-order valence-electron chi connectivity index (χ0n) is 83.9. The molecular weight excluding hydrogens is 1580 g/mol. The lowest BCUT2D eigenvalue weighted by Gasteiger charge is -2.46. The maximum atomic E-state index is 10.9. The summed E-state index contributed by atoms with van der Waals surface area (Å²) >= 11 is 0. The van der Waals surface area contributed by atoms with Crippen molar-refractivity contribution in [3.05, 3.63) is 208 Å². The second kappa shape index (κ2) is 49.8. The summed E-state index contributed by atoms with van der Waals surface area (Å²) in [5.74, 6) is 0. The Hall–Kier alpha value is -7.06. The molecule has 3 aliphatic carbocycles. The van der Waals surface area contributed by atoms with Crippen molar-refractivity contribution in [2.24, 2.45) is 10.8 Å². The highest BCUT2D eigenvalue weighted by molar-refractivity contribution is 5.57. The Morgan fingerprint density at radius 3 is 1.06 bits per heavy atom. The molecule has 0 radical (unpaired) electrons. The summed E-state index contributed by atoms with van der Waals surface area (Å²) in [7, 11) is 0. The highest BCUT2D eigenvalue weighted by Gasteiger charge is 2.45. The molecule has 7 aliphatic heterocycles. The van der Waals surface area contributed by atoms with E-state index in [0.29, 0.717) is 30.2 Å². The molecule has 5 N–H and O–H groups in total. The van der Waals surface area contributed by atoms with Crippen LogP contribution in [0, 0.1) is 10.8 Å². The monoisotopic (exact) mass is 1760 g/mol. The summed E-state index contributed by atoms with van der Waals surface area (Å²) in [6.07, 6.45) is 43.6. The van der Waals surface area contributed by atoms with E-state index >= 15 is 0 Å². The van der Waals surface area contributed by atoms with Crippen molar-refractivity contribution in [1.29, 1.82) is 0 Å². The lowest BCUT2D eigenvalue weighted by molar-refractivity contribution is -0.0440. The third-order valence-electron chi connectivity index (χ3n) is 32.3. The Morgan fingerprint density at radius 1 is 0.341 bits per heavy atom. The first-order valence-electron chi connectivity index (χ1n) is 52.6. The van der Waals surface area contributed by atoms with Crippen molar-refractivity contribution in [3.63, 3.8) is 0 Å². The average Bonchev–Trinajstić information content (AvgIpc) is 1.45. The first kappa shape index (κ1) is 102. The molecule has 7 heterocycles. The Morgan fingerprint density at radius 2 is 0.698 bits per heavy atom. The SMILES string of the molecule is CC1CCCN1c1ccc(C(C)(C)CO)cc1.CC1CCCN1c1ccc2c(c1)CCC2.CCC(O)c1ccc(N2CCCC2C)cc1.CCCC1(C(O)c2ccc(N3CCCC3C)cc2)CCC1.CCCC1(C(O)c2cccc(N3CCCC3C)c2)CCC1.CCCCC(O)C(C)(C)c1ccc(N2CCCC2C)cc1.CCCCCCc1ccc(N2CCCC2C)cc1. The quantitative estimate of drug-likeness (QED) is 0.0287. The molecular formula is C117H179N7O5. The van der Waals surface area contributed by atoms with Gasteiger partial charge in [0.2, 0.25) is 0 Å². The predicted octanol–water partition coefficient (Wildman–Crippen LogP) is 27.9. The normalized spacial score (nSPS) is 22.9. The van der Waals surface area contributed by atoms with E-state index in [2.05, 4.69) is 302 Å². The Kier molecular flexibility index (Phi) is 39.5. The Balaban J connectivity index is 0.000000146. The zero-order chi connectivity index (χ0) is 92.3. The van der Waals surface area contributed by atoms with E-state index in [4.69, 9.17) is 0 Å². The third-order valence-corrected chi connectivity index (χ3v) is 32.3. The van der Waals surface area contributed by atoms with Crippen molar-refractivity contribution in [1.82, 2.24) is 0 Å². The van der Waals surface area contributed by atoms with Gasteiger partial charge in [0.1, 0.15) is 0 Å². The van der Waals surface area contributed by atoms with Gasteiger partial charge in [-0.05, 0) is 351 Å². The van der Waals surface area contributed by atoms with Crippen LogP contribution in [0.2, 0.25) is 0 Å². The molecule has 129 heavy (non-hydrogen) atoms. The van der Waals surface area contributed by atoms with E-state index in [-0.39, 0.29) is 52.7 Å². The Bertz CT molecular complexity index is 4350. The second-order valence-corrected chi connectivity index (χ2v) is 42.5. The number of unbranched alkanes of at least 4 members (excludes halogenated alkanes) is 4. The number of hydrogen-bond acceptors (Lipinski definition) is 12. The molecule has 0 spiro atoms. The van der Waals surface area contributed by atoms with Crippen molar-refractivity contribution >= 4 is 39.8 Å². The van der Waals surface area contributed by atoms with Gasteiger partial charge in [0.25, 0.3) is 0 Å². The number of aliphatic hydroxyl groups excluding tert-OH is 5. The summed E-state index contributed by atoms with van der Waals surface area (Å²) in [5.41, 5.74) is 19.8. The van der Waals surface area contributed by atoms with E-state index < -0.39 is 0 Å². The second-order valence-electron chi connectivity index (χ2n) is 42.5. The van der Waals surface area contributed by atoms with Gasteiger partial charge in [-0.2, -0.15) is 0 Å². The summed E-state index contributed by atoms with van der Waals surface area (Å²) in [6.45, 7) is 44.0. The minimum Gasteiger partial charge on any atom is -0.395 e. The number of hydrogen-bond donors (Lipinski definition) is 5. The molecule has 12 heteroatoms. The third kappa shape index (κ3) is 27.2. The first-order chi connectivity index (χ1) is 62.2. The van der Waals surface area contributed by atoms with Gasteiger partial charge >= 0.3 is 0 Å². The molecule has 7 saturated heterocycles. The van der Waals surface area contributed by atoms with Gasteiger partial charge in [-0.15, -0.1) is 0 Å². The molecule has 0 amide bonds. The molecule has 0 bridgehead atoms. The van der Waals surface area contributed by atoms with Crippen molar-refractivity contribution < 1.29 is 25.5 Å². The molecule has 11 unspecified atom stereocenters. The van der Waals surface area contributed by atoms with Crippen LogP contribution in [-0.4, -0.2) is 126 Å². The van der Waals surface area contributed by atoms with Gasteiger partial charge < -0.3 is 59.8 Å². The van der Waals surface area contributed by atoms with Crippen LogP contribution < -0.4 is 34.3 Å². The summed E-state index contributed by atoms with van der Waals surface area (Å²) < 4.78 is 0. The van der Waals surface area contributed by atoms with Crippen LogP contribution in [0.15, 0.2) is 164 Å². The van der Waals surface area contributed by atoms with E-state index in [1.54, 1.807) is 11.1 Å². The molecule has 7 aromatic carbocycles. The van der Waals surface area contributed by atoms with Crippen molar-refractivity contribution in [2.45, 2.75) is 419 Å². The standard InChI is InChI=1S/2C19H29NO.C19H31NO.C17H27N.C15H23NO.C14H21NO.C14H19N/c1-3-10-19(11-6-12-19)18(21)16-8-4-9-17(14-16)20-13-5-7-15(20)2;1-3-11-19(12-5-13-19)18(21)16-7-9-17(10-8-16)20-14-4-6-15(20)2;1-5-6-9-18(21)19(3,4)16-10-12-17(13-11-16)20-14-7-8-15(20)2;1-3-4-5-6-9-16-10-12-17(13-11-16)18-14-7-8-15(18)2;1-12-5-4-10-16(12)14-8-6-13(7-9-14)15(2,3)11-17;1-3-14(16)12-6-8-13(9-7-12)15-10-4-5-11(15)2;1-11-4-3-9-15(11)14-8-7-12-5-2-6-13(12)10-14/h4,8-9,14-15,18,21H,3,5-7,10-13H2,1-2H3;7-10,15,18,21H,3-6,11-14H2,1-2H3;10-13,15,18,21H,5-9,14H2,1-4H3;10-13,15H,3-9,14H2,1-2H3;6-9,12,17H,4-5,10-11H2,1-3H3;6-9,11,14,16H,3-5,10H2,1-2H3;7-8,10-11H,2-6,9H2,1H3. The topological polar surface area (TPSA) is 124 Å². The van der Waals surface area contributed by atoms with E-state index in [0.717, 1.165) is 80.4 Å². The Labute approximate surface area is 785 Å². The van der Waals surface area contributed by atoms with Gasteiger partial charge in [-0.25, -0.2) is 0 Å². The molecule has 2 saturated carbocycles. The number of aryl methyl sites for hydroxylation is 3. The van der Waals surface area contributed by atoms with E-state index in [1.807, 2.05) is 6.92 Å². The van der Waals surface area contributed by atoms with Gasteiger partial charge in [0, 0.05) is 150 Å². The van der Waals surface area contributed by atoms with Gasteiger partial charge in [-0.3, -0.25) is 0 Å². The fraction of sp³-hybridized carbons (Fsp3) is 0.641. The highest BCUT2D eigenvalue weighted by atomic mass is 16.3. The van der Waals surface area contributed by atoms with E-state index in [1.165, 1.54) is 282 Å². The molecule has 12 nitrogen and oxygen atoms in total.